The summed E-state index contributed by atoms with van der Waals surface area (Å²) in [4.78, 5) is 2.38. The zero-order valence-electron chi connectivity index (χ0n) is 12.9. The van der Waals surface area contributed by atoms with Crippen molar-refractivity contribution in [3.63, 3.8) is 0 Å². The lowest BCUT2D eigenvalue weighted by Crippen LogP contribution is -2.40. The van der Waals surface area contributed by atoms with Gasteiger partial charge in [-0.1, -0.05) is 32.0 Å². The first-order valence-electron chi connectivity index (χ1n) is 7.72. The highest BCUT2D eigenvalue weighted by atomic mass is 16.5. The van der Waals surface area contributed by atoms with Gasteiger partial charge in [0.2, 0.25) is 0 Å². The van der Waals surface area contributed by atoms with Gasteiger partial charge < -0.3 is 9.84 Å². The molecule has 3 atom stereocenters. The highest BCUT2D eigenvalue weighted by Gasteiger charge is 2.24. The summed E-state index contributed by atoms with van der Waals surface area (Å²) >= 11 is 0. The highest BCUT2D eigenvalue weighted by molar-refractivity contribution is 5.35. The van der Waals surface area contributed by atoms with Crippen LogP contribution in [0.15, 0.2) is 24.3 Å². The molecule has 0 radical (unpaired) electrons. The standard InChI is InChI=1S/C17H27NO2/c1-4-20-17-8-6-5-7-15(17)16(19)12-18-10-13(2)9-14(3)11-18/h5-8,13-14,16,19H,4,9-12H2,1-3H3. The van der Waals surface area contributed by atoms with E-state index in [9.17, 15) is 5.11 Å². The largest absolute Gasteiger partial charge is 0.493 e. The molecule has 0 amide bonds. The van der Waals surface area contributed by atoms with Crippen molar-refractivity contribution < 1.29 is 9.84 Å². The maximum atomic E-state index is 10.5. The van der Waals surface area contributed by atoms with E-state index < -0.39 is 6.10 Å². The zero-order chi connectivity index (χ0) is 14.5. The first kappa shape index (κ1) is 15.3. The van der Waals surface area contributed by atoms with Gasteiger partial charge in [-0.25, -0.2) is 0 Å². The molecule has 1 fully saturated rings. The molecular weight excluding hydrogens is 250 g/mol. The van der Waals surface area contributed by atoms with Gasteiger partial charge in [0.1, 0.15) is 5.75 Å². The summed E-state index contributed by atoms with van der Waals surface area (Å²) in [5.74, 6) is 2.24. The van der Waals surface area contributed by atoms with E-state index in [4.69, 9.17) is 4.74 Å². The Bertz CT molecular complexity index is 411. The molecule has 3 heteroatoms. The lowest BCUT2D eigenvalue weighted by atomic mass is 9.91. The topological polar surface area (TPSA) is 32.7 Å². The van der Waals surface area contributed by atoms with E-state index in [1.807, 2.05) is 31.2 Å². The smallest absolute Gasteiger partial charge is 0.125 e. The molecule has 0 spiro atoms. The molecule has 0 saturated carbocycles. The monoisotopic (exact) mass is 277 g/mol. The fraction of sp³-hybridized carbons (Fsp3) is 0.647. The van der Waals surface area contributed by atoms with Crippen LogP contribution in [0.3, 0.4) is 0 Å². The first-order valence-corrected chi connectivity index (χ1v) is 7.72. The van der Waals surface area contributed by atoms with Gasteiger partial charge in [0.15, 0.2) is 0 Å². The quantitative estimate of drug-likeness (QED) is 0.897. The molecule has 1 aromatic rings. The van der Waals surface area contributed by atoms with E-state index in [0.29, 0.717) is 25.0 Å². The lowest BCUT2D eigenvalue weighted by molar-refractivity contribution is 0.0684. The Balaban J connectivity index is 2.02. The Hall–Kier alpha value is -1.06. The molecule has 3 nitrogen and oxygen atoms in total. The number of rotatable bonds is 5. The second-order valence-electron chi connectivity index (χ2n) is 6.15. The van der Waals surface area contributed by atoms with E-state index in [1.54, 1.807) is 0 Å². The summed E-state index contributed by atoms with van der Waals surface area (Å²) in [5.41, 5.74) is 0.903. The van der Waals surface area contributed by atoms with Crippen molar-refractivity contribution >= 4 is 0 Å². The number of likely N-dealkylation sites (tertiary alicyclic amines) is 1. The van der Waals surface area contributed by atoms with Crippen LogP contribution in [-0.4, -0.2) is 36.2 Å². The number of aliphatic hydroxyl groups excluding tert-OH is 1. The number of nitrogens with zero attached hydrogens (tertiary/aromatic N) is 1. The summed E-state index contributed by atoms with van der Waals surface area (Å²) in [6.07, 6.45) is 0.817. The number of piperidine rings is 1. The van der Waals surface area contributed by atoms with Crippen molar-refractivity contribution in [2.45, 2.75) is 33.3 Å². The van der Waals surface area contributed by atoms with Gasteiger partial charge in [-0.2, -0.15) is 0 Å². The average Bonchev–Trinajstić information content (AvgIpc) is 2.38. The summed E-state index contributed by atoms with van der Waals surface area (Å²) in [6, 6.07) is 7.81. The van der Waals surface area contributed by atoms with E-state index in [2.05, 4.69) is 18.7 Å². The van der Waals surface area contributed by atoms with Crippen molar-refractivity contribution in [1.29, 1.82) is 0 Å². The molecule has 1 aromatic carbocycles. The molecule has 1 N–H and O–H groups in total. The third-order valence-corrected chi connectivity index (χ3v) is 3.95. The summed E-state index contributed by atoms with van der Waals surface area (Å²) in [7, 11) is 0. The Morgan fingerprint density at radius 3 is 2.55 bits per heavy atom. The number of hydrogen-bond donors (Lipinski definition) is 1. The zero-order valence-corrected chi connectivity index (χ0v) is 12.9. The summed E-state index contributed by atoms with van der Waals surface area (Å²) < 4.78 is 5.61. The summed E-state index contributed by atoms with van der Waals surface area (Å²) in [6.45, 7) is 10.0. The second kappa shape index (κ2) is 7.09. The molecule has 0 aromatic heterocycles. The Morgan fingerprint density at radius 1 is 1.25 bits per heavy atom. The molecular formula is C17H27NO2. The maximum absolute atomic E-state index is 10.5. The van der Waals surface area contributed by atoms with Crippen LogP contribution >= 0.6 is 0 Å². The van der Waals surface area contributed by atoms with Crippen LogP contribution in [0.4, 0.5) is 0 Å². The van der Waals surface area contributed by atoms with Crippen molar-refractivity contribution in [3.8, 4) is 5.75 Å². The molecule has 2 rings (SSSR count). The van der Waals surface area contributed by atoms with E-state index in [0.717, 1.165) is 24.4 Å². The minimum atomic E-state index is -0.477. The molecule has 0 bridgehead atoms. The Morgan fingerprint density at radius 2 is 1.90 bits per heavy atom. The van der Waals surface area contributed by atoms with Crippen LogP contribution in [0.1, 0.15) is 38.9 Å². The number of hydrogen-bond acceptors (Lipinski definition) is 3. The summed E-state index contributed by atoms with van der Waals surface area (Å²) in [5, 5.41) is 10.5. The van der Waals surface area contributed by atoms with Gasteiger partial charge >= 0.3 is 0 Å². The molecule has 1 saturated heterocycles. The number of para-hydroxylation sites is 1. The van der Waals surface area contributed by atoms with Gasteiger partial charge in [-0.05, 0) is 31.2 Å². The minimum Gasteiger partial charge on any atom is -0.493 e. The van der Waals surface area contributed by atoms with E-state index in [-0.39, 0.29) is 0 Å². The van der Waals surface area contributed by atoms with Crippen LogP contribution in [0.5, 0.6) is 5.75 Å². The fourth-order valence-electron chi connectivity index (χ4n) is 3.33. The molecule has 1 heterocycles. The number of benzene rings is 1. The van der Waals surface area contributed by atoms with Crippen molar-refractivity contribution in [1.82, 2.24) is 4.90 Å². The first-order chi connectivity index (χ1) is 9.60. The van der Waals surface area contributed by atoms with Gasteiger partial charge in [0, 0.05) is 25.2 Å². The third-order valence-electron chi connectivity index (χ3n) is 3.95. The highest BCUT2D eigenvalue weighted by Crippen LogP contribution is 2.28. The van der Waals surface area contributed by atoms with Crippen molar-refractivity contribution in [2.24, 2.45) is 11.8 Å². The number of aliphatic hydroxyl groups is 1. The molecule has 3 unspecified atom stereocenters. The van der Waals surface area contributed by atoms with E-state index in [1.165, 1.54) is 6.42 Å². The number of β-amino-alcohol motifs (C(OH)–C–C–N with tert-alkyl or cyclic N) is 1. The van der Waals surface area contributed by atoms with Gasteiger partial charge in [-0.3, -0.25) is 4.90 Å². The molecule has 1 aliphatic rings. The Labute approximate surface area is 122 Å². The predicted molar refractivity (Wildman–Crippen MR) is 82.0 cm³/mol. The van der Waals surface area contributed by atoms with Crippen LogP contribution < -0.4 is 4.74 Å². The fourth-order valence-corrected chi connectivity index (χ4v) is 3.33. The van der Waals surface area contributed by atoms with Crippen LogP contribution in [0.25, 0.3) is 0 Å². The molecule has 0 aliphatic carbocycles. The Kier molecular flexibility index (Phi) is 5.44. The van der Waals surface area contributed by atoms with Crippen LogP contribution in [0, 0.1) is 11.8 Å². The average molecular weight is 277 g/mol. The predicted octanol–water partition coefficient (Wildman–Crippen LogP) is 3.10. The number of ether oxygens (including phenoxy) is 1. The third kappa shape index (κ3) is 3.97. The minimum absolute atomic E-state index is 0.477. The van der Waals surface area contributed by atoms with E-state index >= 15 is 0 Å². The van der Waals surface area contributed by atoms with Crippen LogP contribution in [0.2, 0.25) is 0 Å². The van der Waals surface area contributed by atoms with Crippen molar-refractivity contribution in [3.05, 3.63) is 29.8 Å². The van der Waals surface area contributed by atoms with Gasteiger partial charge in [-0.15, -0.1) is 0 Å². The maximum Gasteiger partial charge on any atom is 0.125 e. The normalized spacial score (nSPS) is 25.4. The SMILES string of the molecule is CCOc1ccccc1C(O)CN1CC(C)CC(C)C1. The lowest BCUT2D eigenvalue weighted by Gasteiger charge is -2.36. The molecule has 1 aliphatic heterocycles. The molecule has 112 valence electrons. The molecule has 20 heavy (non-hydrogen) atoms. The van der Waals surface area contributed by atoms with Gasteiger partial charge in [0.25, 0.3) is 0 Å². The van der Waals surface area contributed by atoms with Gasteiger partial charge in [0.05, 0.1) is 12.7 Å². The van der Waals surface area contributed by atoms with Crippen molar-refractivity contribution in [2.75, 3.05) is 26.2 Å². The van der Waals surface area contributed by atoms with Crippen LogP contribution in [-0.2, 0) is 0 Å². The second-order valence-corrected chi connectivity index (χ2v) is 6.15.